The minimum atomic E-state index is -1.04. The van der Waals surface area contributed by atoms with E-state index in [2.05, 4.69) is 15.5 Å². The summed E-state index contributed by atoms with van der Waals surface area (Å²) in [6.07, 6.45) is 1.58. The van der Waals surface area contributed by atoms with Crippen LogP contribution in [0, 0.1) is 12.8 Å². The molecular formula is C16H20N4O3S. The smallest absolute Gasteiger partial charge is 0.326 e. The van der Waals surface area contributed by atoms with Crippen molar-refractivity contribution in [3.05, 3.63) is 36.2 Å². The van der Waals surface area contributed by atoms with Gasteiger partial charge in [0, 0.05) is 5.69 Å². The Morgan fingerprint density at radius 2 is 1.96 bits per heavy atom. The van der Waals surface area contributed by atoms with Crippen LogP contribution in [0.3, 0.4) is 0 Å². The highest BCUT2D eigenvalue weighted by atomic mass is 32.2. The average molecular weight is 348 g/mol. The molecule has 0 spiro atoms. The van der Waals surface area contributed by atoms with E-state index in [1.807, 2.05) is 31.2 Å². The lowest BCUT2D eigenvalue weighted by atomic mass is 10.1. The predicted molar refractivity (Wildman–Crippen MR) is 91.2 cm³/mol. The summed E-state index contributed by atoms with van der Waals surface area (Å²) in [7, 11) is 0. The Hall–Kier alpha value is -2.35. The fraction of sp³-hybridized carbons (Fsp3) is 0.375. The Balaban J connectivity index is 2.00. The van der Waals surface area contributed by atoms with Gasteiger partial charge in [-0.25, -0.2) is 4.79 Å². The van der Waals surface area contributed by atoms with Crippen LogP contribution in [0.1, 0.15) is 19.4 Å². The monoisotopic (exact) mass is 348 g/mol. The van der Waals surface area contributed by atoms with Gasteiger partial charge in [0.25, 0.3) is 0 Å². The van der Waals surface area contributed by atoms with Gasteiger partial charge < -0.3 is 10.4 Å². The third-order valence-corrected chi connectivity index (χ3v) is 4.35. The molecule has 1 heterocycles. The van der Waals surface area contributed by atoms with Crippen molar-refractivity contribution in [3.63, 3.8) is 0 Å². The summed E-state index contributed by atoms with van der Waals surface area (Å²) in [5, 5.41) is 20.1. The van der Waals surface area contributed by atoms with Crippen LogP contribution in [0.5, 0.6) is 0 Å². The van der Waals surface area contributed by atoms with E-state index in [0.717, 1.165) is 11.3 Å². The van der Waals surface area contributed by atoms with Gasteiger partial charge in [-0.3, -0.25) is 9.36 Å². The number of carboxylic acids is 1. The van der Waals surface area contributed by atoms with Gasteiger partial charge in [0.1, 0.15) is 12.4 Å². The molecule has 1 aromatic carbocycles. The first kappa shape index (κ1) is 18.0. The van der Waals surface area contributed by atoms with Crippen LogP contribution in [0.4, 0.5) is 0 Å². The van der Waals surface area contributed by atoms with Gasteiger partial charge in [-0.1, -0.05) is 43.3 Å². The Bertz CT molecular complexity index is 712. The fourth-order valence-electron chi connectivity index (χ4n) is 2.06. The maximum absolute atomic E-state index is 12.0. The first-order valence-electron chi connectivity index (χ1n) is 7.50. The number of hydrogen-bond acceptors (Lipinski definition) is 5. The number of nitrogens with one attached hydrogen (secondary N) is 1. The van der Waals surface area contributed by atoms with Gasteiger partial charge in [0.05, 0.1) is 5.75 Å². The molecule has 0 aliphatic heterocycles. The minimum Gasteiger partial charge on any atom is -0.480 e. The lowest BCUT2D eigenvalue weighted by Crippen LogP contribution is -2.45. The molecule has 1 amide bonds. The number of aliphatic carboxylic acids is 1. The van der Waals surface area contributed by atoms with Gasteiger partial charge in [0.2, 0.25) is 5.91 Å². The predicted octanol–water partition coefficient (Wildman–Crippen LogP) is 1.89. The van der Waals surface area contributed by atoms with Crippen LogP contribution in [0.25, 0.3) is 5.69 Å². The van der Waals surface area contributed by atoms with E-state index in [9.17, 15) is 9.59 Å². The second-order valence-electron chi connectivity index (χ2n) is 5.74. The molecule has 8 heteroatoms. The van der Waals surface area contributed by atoms with Crippen LogP contribution < -0.4 is 5.32 Å². The molecule has 0 saturated carbocycles. The zero-order chi connectivity index (χ0) is 17.7. The first-order valence-corrected chi connectivity index (χ1v) is 8.49. The first-order chi connectivity index (χ1) is 11.4. The topological polar surface area (TPSA) is 97.1 Å². The van der Waals surface area contributed by atoms with Crippen molar-refractivity contribution in [1.29, 1.82) is 0 Å². The van der Waals surface area contributed by atoms with Crippen molar-refractivity contribution in [3.8, 4) is 5.69 Å². The highest BCUT2D eigenvalue weighted by Crippen LogP contribution is 2.19. The number of hydrogen-bond donors (Lipinski definition) is 2. The number of benzene rings is 1. The number of rotatable bonds is 7. The molecule has 7 nitrogen and oxygen atoms in total. The lowest BCUT2D eigenvalue weighted by molar-refractivity contribution is -0.142. The van der Waals surface area contributed by atoms with E-state index in [1.165, 1.54) is 11.8 Å². The molecule has 2 N–H and O–H groups in total. The Morgan fingerprint density at radius 3 is 2.54 bits per heavy atom. The second-order valence-corrected chi connectivity index (χ2v) is 6.68. The SMILES string of the molecule is Cc1ccc(-n2cnnc2SCC(=O)NC(C(=O)O)C(C)C)cc1. The number of amides is 1. The molecule has 1 unspecified atom stereocenters. The zero-order valence-corrected chi connectivity index (χ0v) is 14.6. The summed E-state index contributed by atoms with van der Waals surface area (Å²) >= 11 is 1.21. The summed E-state index contributed by atoms with van der Waals surface area (Å²) in [5.74, 6) is -1.50. The molecule has 128 valence electrons. The molecular weight excluding hydrogens is 328 g/mol. The Kier molecular flexibility index (Phi) is 5.97. The number of carboxylic acid groups (broad SMARTS) is 1. The molecule has 0 aliphatic rings. The molecule has 0 saturated heterocycles. The number of nitrogens with zero attached hydrogens (tertiary/aromatic N) is 3. The maximum Gasteiger partial charge on any atom is 0.326 e. The van der Waals surface area contributed by atoms with Crippen LogP contribution in [0.15, 0.2) is 35.7 Å². The van der Waals surface area contributed by atoms with E-state index in [0.29, 0.717) is 5.16 Å². The van der Waals surface area contributed by atoms with Crippen molar-refractivity contribution in [2.45, 2.75) is 32.0 Å². The van der Waals surface area contributed by atoms with Crippen molar-refractivity contribution in [2.75, 3.05) is 5.75 Å². The summed E-state index contributed by atoms with van der Waals surface area (Å²) in [6, 6.07) is 6.96. The summed E-state index contributed by atoms with van der Waals surface area (Å²) in [6.45, 7) is 5.50. The van der Waals surface area contributed by atoms with E-state index >= 15 is 0 Å². The lowest BCUT2D eigenvalue weighted by Gasteiger charge is -2.17. The number of carbonyl (C=O) groups excluding carboxylic acids is 1. The van der Waals surface area contributed by atoms with Crippen molar-refractivity contribution in [1.82, 2.24) is 20.1 Å². The molecule has 0 fully saturated rings. The normalized spacial score (nSPS) is 12.2. The van der Waals surface area contributed by atoms with Crippen molar-refractivity contribution >= 4 is 23.6 Å². The van der Waals surface area contributed by atoms with Crippen molar-refractivity contribution < 1.29 is 14.7 Å². The number of carbonyl (C=O) groups is 2. The number of aromatic nitrogens is 3. The van der Waals surface area contributed by atoms with Crippen molar-refractivity contribution in [2.24, 2.45) is 5.92 Å². The quantitative estimate of drug-likeness (QED) is 0.742. The van der Waals surface area contributed by atoms with Gasteiger partial charge >= 0.3 is 5.97 Å². The van der Waals surface area contributed by atoms with E-state index in [1.54, 1.807) is 24.7 Å². The van der Waals surface area contributed by atoms with Gasteiger partial charge in [-0.2, -0.15) is 0 Å². The summed E-state index contributed by atoms with van der Waals surface area (Å²) in [5.41, 5.74) is 2.05. The Labute approximate surface area is 144 Å². The highest BCUT2D eigenvalue weighted by molar-refractivity contribution is 7.99. The molecule has 0 radical (unpaired) electrons. The molecule has 0 bridgehead atoms. The molecule has 1 aromatic heterocycles. The van der Waals surface area contributed by atoms with Crippen LogP contribution in [-0.2, 0) is 9.59 Å². The van der Waals surface area contributed by atoms with Gasteiger partial charge in [-0.15, -0.1) is 10.2 Å². The largest absolute Gasteiger partial charge is 0.480 e. The third kappa shape index (κ3) is 4.58. The third-order valence-electron chi connectivity index (χ3n) is 3.41. The van der Waals surface area contributed by atoms with Crippen LogP contribution in [-0.4, -0.2) is 43.5 Å². The summed E-state index contributed by atoms with van der Waals surface area (Å²) < 4.78 is 1.79. The molecule has 24 heavy (non-hydrogen) atoms. The van der Waals surface area contributed by atoms with E-state index in [-0.39, 0.29) is 17.6 Å². The maximum atomic E-state index is 12.0. The average Bonchev–Trinajstić information content (AvgIpc) is 2.99. The summed E-state index contributed by atoms with van der Waals surface area (Å²) in [4.78, 5) is 23.1. The highest BCUT2D eigenvalue weighted by Gasteiger charge is 2.23. The zero-order valence-electron chi connectivity index (χ0n) is 13.8. The second kappa shape index (κ2) is 7.96. The van der Waals surface area contributed by atoms with E-state index in [4.69, 9.17) is 5.11 Å². The molecule has 2 rings (SSSR count). The van der Waals surface area contributed by atoms with Gasteiger partial charge in [0.15, 0.2) is 5.16 Å². The van der Waals surface area contributed by atoms with Crippen LogP contribution in [0.2, 0.25) is 0 Å². The van der Waals surface area contributed by atoms with Crippen LogP contribution >= 0.6 is 11.8 Å². The van der Waals surface area contributed by atoms with E-state index < -0.39 is 12.0 Å². The number of aryl methyl sites for hydroxylation is 1. The molecule has 1 atom stereocenters. The fourth-order valence-corrected chi connectivity index (χ4v) is 2.80. The number of thioether (sulfide) groups is 1. The molecule has 0 aliphatic carbocycles. The standard InChI is InChI=1S/C16H20N4O3S/c1-10(2)14(15(22)23)18-13(21)8-24-16-19-17-9-20(16)12-6-4-11(3)5-7-12/h4-7,9-10,14H,8H2,1-3H3,(H,18,21)(H,22,23). The molecule has 2 aromatic rings. The van der Waals surface area contributed by atoms with Gasteiger partial charge in [-0.05, 0) is 25.0 Å². The Morgan fingerprint density at radius 1 is 1.29 bits per heavy atom. The minimum absolute atomic E-state index is 0.0705.